The normalized spacial score (nSPS) is 14.9. The summed E-state index contributed by atoms with van der Waals surface area (Å²) in [6.45, 7) is 3.65. The summed E-state index contributed by atoms with van der Waals surface area (Å²) in [5, 5.41) is 9.22. The molecular formula is C30H22N2O6. The van der Waals surface area contributed by atoms with Gasteiger partial charge in [0.2, 0.25) is 0 Å². The Kier molecular flexibility index (Phi) is 6.22. The van der Waals surface area contributed by atoms with Crippen molar-refractivity contribution in [3.05, 3.63) is 113 Å². The molecule has 0 radical (unpaired) electrons. The van der Waals surface area contributed by atoms with Crippen LogP contribution in [0.15, 0.2) is 94.9 Å². The molecule has 1 N–H and O–H groups in total. The molecule has 8 heteroatoms. The molecule has 0 saturated carbocycles. The molecule has 1 saturated heterocycles. The largest absolute Gasteiger partial charge is 0.478 e. The Balaban J connectivity index is 1.57. The number of benzene rings is 3. The number of anilines is 2. The van der Waals surface area contributed by atoms with E-state index in [-0.39, 0.29) is 16.9 Å². The predicted octanol–water partition coefficient (Wildman–Crippen LogP) is 5.85. The molecule has 5 rings (SSSR count). The van der Waals surface area contributed by atoms with E-state index in [4.69, 9.17) is 4.42 Å². The first-order valence-corrected chi connectivity index (χ1v) is 11.7. The number of barbiturate groups is 1. The van der Waals surface area contributed by atoms with Crippen LogP contribution in [0.4, 0.5) is 16.2 Å². The predicted molar refractivity (Wildman–Crippen MR) is 142 cm³/mol. The van der Waals surface area contributed by atoms with Crippen molar-refractivity contribution < 1.29 is 28.7 Å². The lowest BCUT2D eigenvalue weighted by atomic mass is 10.0. The number of urea groups is 1. The van der Waals surface area contributed by atoms with Gasteiger partial charge in [0.1, 0.15) is 17.1 Å². The van der Waals surface area contributed by atoms with Crippen LogP contribution in [0.3, 0.4) is 0 Å². The second kappa shape index (κ2) is 9.67. The van der Waals surface area contributed by atoms with Gasteiger partial charge in [0.15, 0.2) is 0 Å². The van der Waals surface area contributed by atoms with Crippen molar-refractivity contribution in [1.82, 2.24) is 0 Å². The summed E-state index contributed by atoms with van der Waals surface area (Å²) in [4.78, 5) is 53.7. The van der Waals surface area contributed by atoms with Gasteiger partial charge < -0.3 is 9.52 Å². The SMILES string of the molecule is Cc1ccc(N2C(=O)/C(=C/c3ccc(-c4ccc(C(=O)O)cc4C)o3)C(=O)N(c3ccccc3)C2=O)cc1. The Labute approximate surface area is 218 Å². The van der Waals surface area contributed by atoms with Crippen LogP contribution >= 0.6 is 0 Å². The molecule has 0 unspecified atom stereocenters. The Morgan fingerprint density at radius 2 is 1.42 bits per heavy atom. The number of furan rings is 1. The summed E-state index contributed by atoms with van der Waals surface area (Å²) in [6.07, 6.45) is 1.32. The molecule has 0 spiro atoms. The molecule has 188 valence electrons. The number of aryl methyl sites for hydroxylation is 2. The van der Waals surface area contributed by atoms with Gasteiger partial charge in [0, 0.05) is 5.56 Å². The Morgan fingerprint density at radius 3 is 2.03 bits per heavy atom. The molecule has 2 heterocycles. The van der Waals surface area contributed by atoms with E-state index in [9.17, 15) is 24.3 Å². The first kappa shape index (κ1) is 24.5. The van der Waals surface area contributed by atoms with E-state index >= 15 is 0 Å². The quantitative estimate of drug-likeness (QED) is 0.269. The number of hydrogen-bond donors (Lipinski definition) is 1. The Hall–Kier alpha value is -5.24. The molecule has 1 aliphatic rings. The number of rotatable bonds is 5. The molecule has 38 heavy (non-hydrogen) atoms. The van der Waals surface area contributed by atoms with Gasteiger partial charge >= 0.3 is 12.0 Å². The van der Waals surface area contributed by atoms with Crippen LogP contribution in [-0.4, -0.2) is 28.9 Å². The van der Waals surface area contributed by atoms with Gasteiger partial charge in [-0.05, 0) is 74.0 Å². The van der Waals surface area contributed by atoms with Crippen molar-refractivity contribution in [2.24, 2.45) is 0 Å². The van der Waals surface area contributed by atoms with Crippen LogP contribution in [0, 0.1) is 13.8 Å². The van der Waals surface area contributed by atoms with E-state index < -0.39 is 23.8 Å². The van der Waals surface area contributed by atoms with Crippen LogP contribution in [0.2, 0.25) is 0 Å². The molecule has 0 atom stereocenters. The van der Waals surface area contributed by atoms with Crippen molar-refractivity contribution in [3.63, 3.8) is 0 Å². The average molecular weight is 507 g/mol. The lowest BCUT2D eigenvalue weighted by molar-refractivity contribution is -0.121. The summed E-state index contributed by atoms with van der Waals surface area (Å²) in [5.41, 5.74) is 2.88. The smallest absolute Gasteiger partial charge is 0.343 e. The van der Waals surface area contributed by atoms with Gasteiger partial charge in [-0.25, -0.2) is 19.4 Å². The van der Waals surface area contributed by atoms with E-state index in [1.54, 1.807) is 79.7 Å². The van der Waals surface area contributed by atoms with Gasteiger partial charge in [-0.15, -0.1) is 0 Å². The number of imide groups is 2. The number of aromatic carboxylic acids is 1. The van der Waals surface area contributed by atoms with E-state index in [2.05, 4.69) is 0 Å². The molecule has 1 aliphatic heterocycles. The number of carbonyl (C=O) groups is 4. The first-order chi connectivity index (χ1) is 18.2. The maximum atomic E-state index is 13.5. The fourth-order valence-corrected chi connectivity index (χ4v) is 4.25. The summed E-state index contributed by atoms with van der Waals surface area (Å²) in [5.74, 6) is -1.90. The maximum absolute atomic E-state index is 13.5. The van der Waals surface area contributed by atoms with Crippen LogP contribution in [-0.2, 0) is 9.59 Å². The Bertz CT molecular complexity index is 1620. The van der Waals surface area contributed by atoms with Gasteiger partial charge in [-0.3, -0.25) is 9.59 Å². The minimum Gasteiger partial charge on any atom is -0.478 e. The summed E-state index contributed by atoms with van der Waals surface area (Å²) < 4.78 is 5.92. The monoisotopic (exact) mass is 506 g/mol. The summed E-state index contributed by atoms with van der Waals surface area (Å²) in [6, 6.07) is 22.4. The zero-order chi connectivity index (χ0) is 27.0. The lowest BCUT2D eigenvalue weighted by Crippen LogP contribution is -2.57. The Morgan fingerprint density at radius 1 is 0.789 bits per heavy atom. The zero-order valence-electron chi connectivity index (χ0n) is 20.5. The number of carboxylic acid groups (broad SMARTS) is 1. The van der Waals surface area contributed by atoms with E-state index in [1.807, 2.05) is 6.92 Å². The average Bonchev–Trinajstić information content (AvgIpc) is 3.36. The summed E-state index contributed by atoms with van der Waals surface area (Å²) in [7, 11) is 0. The second-order valence-electron chi connectivity index (χ2n) is 8.83. The first-order valence-electron chi connectivity index (χ1n) is 11.7. The van der Waals surface area contributed by atoms with Crippen LogP contribution in [0.1, 0.15) is 27.2 Å². The second-order valence-corrected chi connectivity index (χ2v) is 8.83. The number of hydrogen-bond acceptors (Lipinski definition) is 5. The number of nitrogens with zero attached hydrogens (tertiary/aromatic N) is 2. The zero-order valence-corrected chi connectivity index (χ0v) is 20.5. The fraction of sp³-hybridized carbons (Fsp3) is 0.0667. The minimum absolute atomic E-state index is 0.153. The number of amides is 4. The van der Waals surface area contributed by atoms with Crippen molar-refractivity contribution in [1.29, 1.82) is 0 Å². The van der Waals surface area contributed by atoms with Gasteiger partial charge in [0.25, 0.3) is 11.8 Å². The molecule has 4 aromatic rings. The lowest BCUT2D eigenvalue weighted by Gasteiger charge is -2.33. The van der Waals surface area contributed by atoms with Crippen molar-refractivity contribution in [3.8, 4) is 11.3 Å². The molecule has 1 fully saturated rings. The third kappa shape index (κ3) is 4.39. The molecule has 0 bridgehead atoms. The molecule has 1 aromatic heterocycles. The van der Waals surface area contributed by atoms with Crippen molar-refractivity contribution in [2.75, 3.05) is 9.80 Å². The topological polar surface area (TPSA) is 108 Å². The maximum Gasteiger partial charge on any atom is 0.343 e. The van der Waals surface area contributed by atoms with Crippen LogP contribution in [0.5, 0.6) is 0 Å². The highest BCUT2D eigenvalue weighted by molar-refractivity contribution is 6.46. The van der Waals surface area contributed by atoms with E-state index in [0.717, 1.165) is 15.4 Å². The third-order valence-corrected chi connectivity index (χ3v) is 6.21. The number of carboxylic acids is 1. The third-order valence-electron chi connectivity index (χ3n) is 6.21. The van der Waals surface area contributed by atoms with Crippen LogP contribution < -0.4 is 9.80 Å². The number of para-hydroxylation sites is 1. The molecular weight excluding hydrogens is 484 g/mol. The standard InChI is InChI=1S/C30H22N2O6/c1-18-8-11-22(12-9-18)32-28(34)25(27(33)31(30(32)37)21-6-4-3-5-7-21)17-23-13-15-26(38-23)24-14-10-20(29(35)36)16-19(24)2/h3-17H,1-2H3,(H,35,36)/b25-17+. The minimum atomic E-state index is -1.03. The highest BCUT2D eigenvalue weighted by Crippen LogP contribution is 2.31. The highest BCUT2D eigenvalue weighted by atomic mass is 16.4. The van der Waals surface area contributed by atoms with E-state index in [1.165, 1.54) is 18.2 Å². The van der Waals surface area contributed by atoms with Gasteiger partial charge in [-0.1, -0.05) is 42.0 Å². The summed E-state index contributed by atoms with van der Waals surface area (Å²) >= 11 is 0. The van der Waals surface area contributed by atoms with Crippen molar-refractivity contribution in [2.45, 2.75) is 13.8 Å². The molecule has 4 amide bonds. The van der Waals surface area contributed by atoms with E-state index in [0.29, 0.717) is 28.3 Å². The number of carbonyl (C=O) groups excluding carboxylic acids is 3. The molecule has 8 nitrogen and oxygen atoms in total. The molecule has 0 aliphatic carbocycles. The molecule has 3 aromatic carbocycles. The highest BCUT2D eigenvalue weighted by Gasteiger charge is 2.43. The van der Waals surface area contributed by atoms with Crippen LogP contribution in [0.25, 0.3) is 17.4 Å². The van der Waals surface area contributed by atoms with Gasteiger partial charge in [0.05, 0.1) is 16.9 Å². The van der Waals surface area contributed by atoms with Crippen molar-refractivity contribution >= 4 is 41.3 Å². The fourth-order valence-electron chi connectivity index (χ4n) is 4.25. The van der Waals surface area contributed by atoms with Gasteiger partial charge in [-0.2, -0.15) is 0 Å².